The molecule has 4 rings (SSSR count). The van der Waals surface area contributed by atoms with Crippen molar-refractivity contribution >= 4 is 28.1 Å². The molecule has 0 radical (unpaired) electrons. The number of nitrogens with zero attached hydrogens (tertiary/aromatic N) is 3. The van der Waals surface area contributed by atoms with E-state index >= 15 is 0 Å². The third-order valence-electron chi connectivity index (χ3n) is 4.71. The van der Waals surface area contributed by atoms with Crippen molar-refractivity contribution in [1.29, 1.82) is 0 Å². The van der Waals surface area contributed by atoms with Crippen molar-refractivity contribution in [1.82, 2.24) is 15.5 Å². The molecule has 1 fully saturated rings. The summed E-state index contributed by atoms with van der Waals surface area (Å²) in [7, 11) is 0. The lowest BCUT2D eigenvalue weighted by atomic mass is 10.1. The fraction of sp³-hybridized carbons (Fsp3) is 0.250. The lowest BCUT2D eigenvalue weighted by molar-refractivity contribution is 0.0943. The molecule has 1 saturated heterocycles. The van der Waals surface area contributed by atoms with E-state index in [4.69, 9.17) is 5.73 Å². The first-order chi connectivity index (χ1) is 13.2. The van der Waals surface area contributed by atoms with Crippen molar-refractivity contribution in [3.63, 3.8) is 0 Å². The number of aromatic nitrogens is 2. The van der Waals surface area contributed by atoms with Gasteiger partial charge in [0.2, 0.25) is 5.13 Å². The van der Waals surface area contributed by atoms with Gasteiger partial charge in [-0.05, 0) is 30.5 Å². The summed E-state index contributed by atoms with van der Waals surface area (Å²) in [5.41, 5.74) is 8.37. The SMILES string of the molecule is Nc1nnc([C@H](NC(=O)c2ccccc2N2CCCC2)c2ccccc2)s1. The molecule has 1 aliphatic heterocycles. The second kappa shape index (κ2) is 7.75. The number of amides is 1. The van der Waals surface area contributed by atoms with E-state index in [2.05, 4.69) is 20.4 Å². The summed E-state index contributed by atoms with van der Waals surface area (Å²) in [5, 5.41) is 12.3. The number of hydrogen-bond acceptors (Lipinski definition) is 6. The fourth-order valence-corrected chi connectivity index (χ4v) is 4.10. The van der Waals surface area contributed by atoms with E-state index in [0.29, 0.717) is 15.7 Å². The molecule has 0 spiro atoms. The molecule has 0 aliphatic carbocycles. The monoisotopic (exact) mass is 379 g/mol. The molecule has 7 heteroatoms. The number of benzene rings is 2. The summed E-state index contributed by atoms with van der Waals surface area (Å²) < 4.78 is 0. The van der Waals surface area contributed by atoms with Gasteiger partial charge in [-0.25, -0.2) is 0 Å². The molecule has 0 saturated carbocycles. The molecule has 2 heterocycles. The fourth-order valence-electron chi connectivity index (χ4n) is 3.40. The molecule has 27 heavy (non-hydrogen) atoms. The highest BCUT2D eigenvalue weighted by Crippen LogP contribution is 2.28. The second-order valence-electron chi connectivity index (χ2n) is 6.51. The highest BCUT2D eigenvalue weighted by Gasteiger charge is 2.24. The van der Waals surface area contributed by atoms with Gasteiger partial charge in [0.25, 0.3) is 5.91 Å². The lowest BCUT2D eigenvalue weighted by Crippen LogP contribution is -2.31. The normalized spacial score (nSPS) is 14.9. The number of carbonyl (C=O) groups is 1. The van der Waals surface area contributed by atoms with Crippen molar-refractivity contribution in [2.45, 2.75) is 18.9 Å². The van der Waals surface area contributed by atoms with Crippen molar-refractivity contribution in [3.8, 4) is 0 Å². The summed E-state index contributed by atoms with van der Waals surface area (Å²) >= 11 is 1.29. The van der Waals surface area contributed by atoms with Crippen LogP contribution < -0.4 is 16.0 Å². The Kier molecular flexibility index (Phi) is 5.02. The minimum absolute atomic E-state index is 0.125. The van der Waals surface area contributed by atoms with Crippen LogP contribution in [-0.4, -0.2) is 29.2 Å². The summed E-state index contributed by atoms with van der Waals surface area (Å²) in [6.07, 6.45) is 2.32. The molecule has 1 atom stereocenters. The quantitative estimate of drug-likeness (QED) is 0.711. The van der Waals surface area contributed by atoms with Crippen molar-refractivity contribution in [3.05, 3.63) is 70.7 Å². The van der Waals surface area contributed by atoms with Crippen LogP contribution in [0.5, 0.6) is 0 Å². The number of anilines is 2. The molecular weight excluding hydrogens is 358 g/mol. The molecule has 1 aromatic heterocycles. The Balaban J connectivity index is 1.65. The number of carbonyl (C=O) groups excluding carboxylic acids is 1. The van der Waals surface area contributed by atoms with Crippen molar-refractivity contribution in [2.24, 2.45) is 0 Å². The zero-order chi connectivity index (χ0) is 18.6. The number of rotatable bonds is 5. The van der Waals surface area contributed by atoms with Gasteiger partial charge < -0.3 is 16.0 Å². The molecule has 1 amide bonds. The van der Waals surface area contributed by atoms with Crippen LogP contribution in [0.2, 0.25) is 0 Å². The molecule has 0 bridgehead atoms. The van der Waals surface area contributed by atoms with Crippen LogP contribution in [0.15, 0.2) is 54.6 Å². The van der Waals surface area contributed by atoms with E-state index in [-0.39, 0.29) is 11.9 Å². The van der Waals surface area contributed by atoms with Gasteiger partial charge in [0.1, 0.15) is 11.0 Å². The van der Waals surface area contributed by atoms with Gasteiger partial charge in [-0.3, -0.25) is 4.79 Å². The Hall–Kier alpha value is -2.93. The van der Waals surface area contributed by atoms with E-state index in [0.717, 1.165) is 37.2 Å². The second-order valence-corrected chi connectivity index (χ2v) is 7.55. The van der Waals surface area contributed by atoms with E-state index in [9.17, 15) is 4.79 Å². The number of para-hydroxylation sites is 1. The van der Waals surface area contributed by atoms with E-state index < -0.39 is 0 Å². The molecule has 138 valence electrons. The third-order valence-corrected chi connectivity index (χ3v) is 5.52. The number of nitrogens with one attached hydrogen (secondary N) is 1. The van der Waals surface area contributed by atoms with Gasteiger partial charge in [-0.2, -0.15) is 0 Å². The van der Waals surface area contributed by atoms with Gasteiger partial charge in [-0.1, -0.05) is 53.8 Å². The summed E-state index contributed by atoms with van der Waals surface area (Å²) in [5.74, 6) is -0.125. The molecule has 3 N–H and O–H groups in total. The van der Waals surface area contributed by atoms with Gasteiger partial charge in [0, 0.05) is 18.8 Å². The molecule has 6 nitrogen and oxygen atoms in total. The predicted octanol–water partition coefficient (Wildman–Crippen LogP) is 3.24. The Labute approximate surface area is 162 Å². The van der Waals surface area contributed by atoms with Crippen LogP contribution in [0.25, 0.3) is 0 Å². The average molecular weight is 379 g/mol. The average Bonchev–Trinajstić information content (AvgIpc) is 3.38. The summed E-state index contributed by atoms with van der Waals surface area (Å²) in [6, 6.07) is 17.1. The minimum atomic E-state index is -0.389. The van der Waals surface area contributed by atoms with E-state index in [1.165, 1.54) is 11.3 Å². The Morgan fingerprint density at radius 1 is 1.04 bits per heavy atom. The zero-order valence-corrected chi connectivity index (χ0v) is 15.7. The van der Waals surface area contributed by atoms with Crippen LogP contribution >= 0.6 is 11.3 Å². The topological polar surface area (TPSA) is 84.1 Å². The standard InChI is InChI=1S/C20H21N5OS/c21-20-24-23-19(27-20)17(14-8-2-1-3-9-14)22-18(26)15-10-4-5-11-16(15)25-12-6-7-13-25/h1-5,8-11,17H,6-7,12-13H2,(H2,21,24)(H,22,26)/t17-/m1/s1. The molecular formula is C20H21N5OS. The number of hydrogen-bond donors (Lipinski definition) is 2. The summed E-state index contributed by atoms with van der Waals surface area (Å²) in [4.78, 5) is 15.4. The Morgan fingerprint density at radius 3 is 2.44 bits per heavy atom. The van der Waals surface area contributed by atoms with Gasteiger partial charge in [0.15, 0.2) is 0 Å². The van der Waals surface area contributed by atoms with Crippen molar-refractivity contribution in [2.75, 3.05) is 23.7 Å². The largest absolute Gasteiger partial charge is 0.374 e. The van der Waals surface area contributed by atoms with Gasteiger partial charge in [-0.15, -0.1) is 10.2 Å². The maximum atomic E-state index is 13.2. The van der Waals surface area contributed by atoms with Gasteiger partial charge in [0.05, 0.1) is 5.56 Å². The predicted molar refractivity (Wildman–Crippen MR) is 108 cm³/mol. The van der Waals surface area contributed by atoms with Crippen molar-refractivity contribution < 1.29 is 4.79 Å². The first kappa shape index (κ1) is 17.5. The lowest BCUT2D eigenvalue weighted by Gasteiger charge is -2.22. The first-order valence-electron chi connectivity index (χ1n) is 9.01. The maximum Gasteiger partial charge on any atom is 0.254 e. The minimum Gasteiger partial charge on any atom is -0.374 e. The highest BCUT2D eigenvalue weighted by atomic mass is 32.1. The number of nitrogens with two attached hydrogens (primary N) is 1. The van der Waals surface area contributed by atoms with E-state index in [1.807, 2.05) is 54.6 Å². The summed E-state index contributed by atoms with van der Waals surface area (Å²) in [6.45, 7) is 1.97. The molecule has 2 aromatic carbocycles. The third kappa shape index (κ3) is 3.78. The van der Waals surface area contributed by atoms with Crippen LogP contribution in [0, 0.1) is 0 Å². The van der Waals surface area contributed by atoms with Crippen LogP contribution in [0.1, 0.15) is 39.8 Å². The zero-order valence-electron chi connectivity index (χ0n) is 14.8. The Morgan fingerprint density at radius 2 is 1.74 bits per heavy atom. The highest BCUT2D eigenvalue weighted by molar-refractivity contribution is 7.15. The first-order valence-corrected chi connectivity index (χ1v) is 9.82. The maximum absolute atomic E-state index is 13.2. The van der Waals surface area contributed by atoms with E-state index in [1.54, 1.807) is 0 Å². The smallest absolute Gasteiger partial charge is 0.254 e. The van der Waals surface area contributed by atoms with Gasteiger partial charge >= 0.3 is 0 Å². The Bertz CT molecular complexity index is 921. The number of nitrogen functional groups attached to an aromatic ring is 1. The van der Waals surface area contributed by atoms with Crippen LogP contribution in [0.3, 0.4) is 0 Å². The molecule has 0 unspecified atom stereocenters. The molecule has 1 aliphatic rings. The molecule has 3 aromatic rings. The van der Waals surface area contributed by atoms with Crippen LogP contribution in [0.4, 0.5) is 10.8 Å². The van der Waals surface area contributed by atoms with Crippen LogP contribution in [-0.2, 0) is 0 Å².